The number of carboxylic acid groups (broad SMARTS) is 1. The maximum absolute atomic E-state index is 12.2. The van der Waals surface area contributed by atoms with E-state index >= 15 is 0 Å². The number of phenols is 1. The Hall–Kier alpha value is -3.68. The minimum atomic E-state index is -1.19. The second kappa shape index (κ2) is 7.06. The van der Waals surface area contributed by atoms with E-state index in [0.29, 0.717) is 17.0 Å². The molecule has 8 nitrogen and oxygen atoms in total. The molecule has 0 aliphatic carbocycles. The first-order valence-corrected chi connectivity index (χ1v) is 7.62. The van der Waals surface area contributed by atoms with Crippen molar-refractivity contribution in [3.05, 3.63) is 48.2 Å². The lowest BCUT2D eigenvalue weighted by atomic mass is 10.1. The van der Waals surface area contributed by atoms with Crippen molar-refractivity contribution in [2.45, 2.75) is 0 Å². The van der Waals surface area contributed by atoms with E-state index in [9.17, 15) is 14.7 Å². The van der Waals surface area contributed by atoms with Gasteiger partial charge < -0.3 is 20.3 Å². The number of amides is 1. The summed E-state index contributed by atoms with van der Waals surface area (Å²) in [6.07, 6.45) is 1.48. The van der Waals surface area contributed by atoms with Crippen LogP contribution in [0.3, 0.4) is 0 Å². The van der Waals surface area contributed by atoms with Crippen molar-refractivity contribution in [2.75, 3.05) is 13.7 Å². The molecule has 26 heavy (non-hydrogen) atoms. The van der Waals surface area contributed by atoms with Crippen LogP contribution in [0.25, 0.3) is 22.3 Å². The van der Waals surface area contributed by atoms with Gasteiger partial charge in [-0.05, 0) is 36.4 Å². The molecule has 0 radical (unpaired) electrons. The van der Waals surface area contributed by atoms with Crippen LogP contribution in [0.5, 0.6) is 11.5 Å². The van der Waals surface area contributed by atoms with Crippen LogP contribution >= 0.6 is 0 Å². The maximum atomic E-state index is 12.2. The minimum Gasteiger partial charge on any atom is -0.507 e. The molecule has 1 aromatic heterocycles. The first-order valence-electron chi connectivity index (χ1n) is 7.62. The lowest BCUT2D eigenvalue weighted by molar-refractivity contribution is -0.135. The van der Waals surface area contributed by atoms with E-state index in [0.717, 1.165) is 5.56 Å². The molecule has 8 heteroatoms. The van der Waals surface area contributed by atoms with E-state index in [1.807, 2.05) is 12.1 Å². The number of nitrogens with one attached hydrogen (secondary N) is 1. The number of fused-ring (bicyclic) bond motifs is 1. The Kier molecular flexibility index (Phi) is 4.66. The number of rotatable bonds is 5. The summed E-state index contributed by atoms with van der Waals surface area (Å²) in [6, 6.07) is 10.1. The van der Waals surface area contributed by atoms with E-state index in [2.05, 4.69) is 15.3 Å². The third-order valence-electron chi connectivity index (χ3n) is 3.70. The topological polar surface area (TPSA) is 122 Å². The molecule has 0 fully saturated rings. The molecule has 0 spiro atoms. The summed E-state index contributed by atoms with van der Waals surface area (Å²) in [7, 11) is 1.58. The molecule has 0 bridgehead atoms. The van der Waals surface area contributed by atoms with E-state index in [-0.39, 0.29) is 16.8 Å². The van der Waals surface area contributed by atoms with Crippen LogP contribution < -0.4 is 10.1 Å². The van der Waals surface area contributed by atoms with Gasteiger partial charge in [0.25, 0.3) is 5.91 Å². The van der Waals surface area contributed by atoms with Crippen molar-refractivity contribution < 1.29 is 24.5 Å². The zero-order chi connectivity index (χ0) is 18.7. The monoisotopic (exact) mass is 353 g/mol. The van der Waals surface area contributed by atoms with Gasteiger partial charge in [-0.25, -0.2) is 4.98 Å². The number of carboxylic acids is 1. The highest BCUT2D eigenvalue weighted by atomic mass is 16.5. The Balaban J connectivity index is 2.01. The summed E-state index contributed by atoms with van der Waals surface area (Å²) >= 11 is 0. The predicted molar refractivity (Wildman–Crippen MR) is 93.2 cm³/mol. The van der Waals surface area contributed by atoms with E-state index in [4.69, 9.17) is 9.84 Å². The molecular weight excluding hydrogens is 338 g/mol. The summed E-state index contributed by atoms with van der Waals surface area (Å²) in [5.74, 6) is -1.51. The largest absolute Gasteiger partial charge is 0.507 e. The van der Waals surface area contributed by atoms with Crippen LogP contribution in [-0.4, -0.2) is 45.7 Å². The lowest BCUT2D eigenvalue weighted by Crippen LogP contribution is -2.29. The molecular formula is C18H15N3O5. The van der Waals surface area contributed by atoms with Gasteiger partial charge in [0.1, 0.15) is 29.1 Å². The Morgan fingerprint density at radius 3 is 2.54 bits per heavy atom. The Bertz CT molecular complexity index is 986. The van der Waals surface area contributed by atoms with Crippen molar-refractivity contribution >= 4 is 22.9 Å². The molecule has 1 amide bonds. The van der Waals surface area contributed by atoms with Crippen LogP contribution in [0.15, 0.2) is 42.6 Å². The Labute approximate surface area is 148 Å². The molecule has 3 rings (SSSR count). The van der Waals surface area contributed by atoms with Crippen LogP contribution in [0.4, 0.5) is 0 Å². The van der Waals surface area contributed by atoms with Crippen molar-refractivity contribution in [1.82, 2.24) is 15.3 Å². The Morgan fingerprint density at radius 2 is 1.88 bits per heavy atom. The molecule has 132 valence electrons. The normalized spacial score (nSPS) is 10.5. The average Bonchev–Trinajstić information content (AvgIpc) is 2.65. The van der Waals surface area contributed by atoms with Crippen LogP contribution in [0.1, 0.15) is 10.4 Å². The summed E-state index contributed by atoms with van der Waals surface area (Å²) < 4.78 is 5.12. The van der Waals surface area contributed by atoms with Gasteiger partial charge in [0.15, 0.2) is 0 Å². The summed E-state index contributed by atoms with van der Waals surface area (Å²) in [5, 5.41) is 20.9. The quantitative estimate of drug-likeness (QED) is 0.639. The second-order valence-electron chi connectivity index (χ2n) is 5.39. The zero-order valence-electron chi connectivity index (χ0n) is 13.8. The number of carbonyl (C=O) groups is 2. The van der Waals surface area contributed by atoms with Gasteiger partial charge in [0.2, 0.25) is 0 Å². The van der Waals surface area contributed by atoms with Gasteiger partial charge in [0.05, 0.1) is 24.5 Å². The number of aliphatic carboxylic acids is 1. The fourth-order valence-corrected chi connectivity index (χ4v) is 2.44. The maximum Gasteiger partial charge on any atom is 0.322 e. The minimum absolute atomic E-state index is 0.113. The number of benzene rings is 2. The molecule has 0 aliphatic rings. The molecule has 3 aromatic rings. The molecule has 2 aromatic carbocycles. The van der Waals surface area contributed by atoms with Crippen LogP contribution in [0, 0.1) is 0 Å². The molecule has 0 aliphatic heterocycles. The van der Waals surface area contributed by atoms with Crippen molar-refractivity contribution in [3.8, 4) is 22.8 Å². The third kappa shape index (κ3) is 3.39. The van der Waals surface area contributed by atoms with Gasteiger partial charge in [-0.15, -0.1) is 0 Å². The van der Waals surface area contributed by atoms with Crippen molar-refractivity contribution in [2.24, 2.45) is 0 Å². The lowest BCUT2D eigenvalue weighted by Gasteiger charge is -2.09. The van der Waals surface area contributed by atoms with Gasteiger partial charge in [-0.2, -0.15) is 0 Å². The number of aromatic nitrogens is 2. The smallest absolute Gasteiger partial charge is 0.322 e. The molecule has 0 saturated carbocycles. The highest BCUT2D eigenvalue weighted by Crippen LogP contribution is 2.27. The Morgan fingerprint density at radius 1 is 1.15 bits per heavy atom. The summed E-state index contributed by atoms with van der Waals surface area (Å²) in [5.41, 5.74) is 1.87. The fourth-order valence-electron chi connectivity index (χ4n) is 2.44. The number of nitrogens with zero attached hydrogens (tertiary/aromatic N) is 2. The van der Waals surface area contributed by atoms with Crippen molar-refractivity contribution in [3.63, 3.8) is 0 Å². The number of carbonyl (C=O) groups excluding carboxylic acids is 1. The number of aromatic hydroxyl groups is 1. The van der Waals surface area contributed by atoms with Gasteiger partial charge in [0, 0.05) is 5.56 Å². The molecule has 0 unspecified atom stereocenters. The second-order valence-corrected chi connectivity index (χ2v) is 5.39. The number of ether oxygens (including phenoxy) is 1. The predicted octanol–water partition coefficient (Wildman–Crippen LogP) is 1.83. The highest BCUT2D eigenvalue weighted by molar-refractivity contribution is 6.08. The number of methoxy groups -OCH3 is 1. The van der Waals surface area contributed by atoms with Gasteiger partial charge >= 0.3 is 5.97 Å². The molecule has 0 atom stereocenters. The number of phenolic OH excluding ortho intramolecular Hbond substituents is 1. The molecule has 0 saturated heterocycles. The molecule has 3 N–H and O–H groups in total. The summed E-state index contributed by atoms with van der Waals surface area (Å²) in [4.78, 5) is 31.5. The first-order chi connectivity index (χ1) is 12.5. The SMILES string of the molecule is COc1ccc(-c2cnc3c(C(=O)NCC(=O)O)c(O)ccc3n2)cc1. The van der Waals surface area contributed by atoms with E-state index in [1.165, 1.54) is 12.3 Å². The average molecular weight is 353 g/mol. The first kappa shape index (κ1) is 17.2. The zero-order valence-corrected chi connectivity index (χ0v) is 13.8. The van der Waals surface area contributed by atoms with Crippen molar-refractivity contribution in [1.29, 1.82) is 0 Å². The summed E-state index contributed by atoms with van der Waals surface area (Å²) in [6.45, 7) is -0.563. The van der Waals surface area contributed by atoms with E-state index < -0.39 is 18.4 Å². The van der Waals surface area contributed by atoms with Crippen LogP contribution in [-0.2, 0) is 4.79 Å². The number of hydrogen-bond donors (Lipinski definition) is 3. The standard InChI is InChI=1S/C18H15N3O5/c1-26-11-4-2-10(3-5-11)13-8-19-17-12(21-13)6-7-14(22)16(17)18(25)20-9-15(23)24/h2-8,22H,9H2,1H3,(H,20,25)(H,23,24). The molecule has 1 heterocycles. The highest BCUT2D eigenvalue weighted by Gasteiger charge is 2.18. The van der Waals surface area contributed by atoms with Gasteiger partial charge in [-0.3, -0.25) is 14.6 Å². The van der Waals surface area contributed by atoms with Crippen LogP contribution in [0.2, 0.25) is 0 Å². The van der Waals surface area contributed by atoms with Gasteiger partial charge in [-0.1, -0.05) is 0 Å². The number of hydrogen-bond acceptors (Lipinski definition) is 6. The van der Waals surface area contributed by atoms with E-state index in [1.54, 1.807) is 25.3 Å². The third-order valence-corrected chi connectivity index (χ3v) is 3.70. The fraction of sp³-hybridized carbons (Fsp3) is 0.111.